The number of thiophene rings is 2. The Balaban J connectivity index is 0.000000364. The number of benzene rings is 4. The minimum absolute atomic E-state index is 0. The van der Waals surface area contributed by atoms with E-state index in [1.165, 1.54) is 29.6 Å². The van der Waals surface area contributed by atoms with Crippen molar-refractivity contribution in [3.8, 4) is 6.07 Å². The van der Waals surface area contributed by atoms with Crippen LogP contribution in [0.4, 0.5) is 49.1 Å². The number of ether oxygens (including phenoxy) is 4. The molecule has 0 spiro atoms. The smallest absolute Gasteiger partial charge is 0.346 e. The molecule has 21 heteroatoms. The normalized spacial score (nSPS) is 11.2. The van der Waals surface area contributed by atoms with Gasteiger partial charge in [0.2, 0.25) is 16.4 Å². The molecule has 0 bridgehead atoms. The molecule has 1 N–H and O–H groups in total. The van der Waals surface area contributed by atoms with Crippen molar-refractivity contribution in [3.05, 3.63) is 169 Å². The molecular formula is C61H68N10O9S2. The predicted octanol–water partition coefficient (Wildman–Crippen LogP) is 15.9. The number of nitriles is 1. The van der Waals surface area contributed by atoms with Crippen molar-refractivity contribution < 1.29 is 43.2 Å². The Labute approximate surface area is 488 Å². The van der Waals surface area contributed by atoms with Crippen LogP contribution in [0.3, 0.4) is 0 Å². The Morgan fingerprint density at radius 3 is 1.59 bits per heavy atom. The Hall–Kier alpha value is -8.80. The number of fused-ring (bicyclic) bond motifs is 1. The number of Topliss-reactive ketones (excluding diaryl/α,β-unsaturated/α-hetero) is 1. The summed E-state index contributed by atoms with van der Waals surface area (Å²) in [6.45, 7) is 42.2. The average Bonchev–Trinajstić information content (AvgIpc) is 4.09. The van der Waals surface area contributed by atoms with Gasteiger partial charge in [-0.05, 0) is 132 Å². The van der Waals surface area contributed by atoms with Crippen molar-refractivity contribution in [2.75, 3.05) is 62.5 Å². The lowest BCUT2D eigenvalue weighted by Gasteiger charge is -2.29. The molecule has 0 saturated heterocycles. The molecule has 0 aliphatic carbocycles. The number of anilines is 2. The summed E-state index contributed by atoms with van der Waals surface area (Å²) in [4.78, 5) is 61.1. The molecule has 0 saturated carbocycles. The predicted molar refractivity (Wildman–Crippen MR) is 322 cm³/mol. The van der Waals surface area contributed by atoms with Crippen LogP contribution in [0.25, 0.3) is 14.5 Å². The molecule has 0 fully saturated rings. The molecule has 82 heavy (non-hydrogen) atoms. The minimum atomic E-state index is -0.550. The third-order valence-corrected chi connectivity index (χ3v) is 14.2. The minimum Gasteiger partial charge on any atom is -0.460 e. The first-order chi connectivity index (χ1) is 38.4. The van der Waals surface area contributed by atoms with Crippen molar-refractivity contribution in [1.82, 2.24) is 0 Å². The van der Waals surface area contributed by atoms with E-state index in [1.807, 2.05) is 44.2 Å². The molecule has 1 aliphatic rings. The van der Waals surface area contributed by atoms with Crippen LogP contribution in [0.5, 0.6) is 0 Å². The molecule has 4 aromatic carbocycles. The lowest BCUT2D eigenvalue weighted by molar-refractivity contribution is 0.0323. The number of hydrogen-bond donors (Lipinski definition) is 1. The van der Waals surface area contributed by atoms with E-state index in [0.29, 0.717) is 97.2 Å². The molecular weight excluding hydrogens is 1080 g/mol. The first-order valence-corrected chi connectivity index (χ1v) is 26.8. The quantitative estimate of drug-likeness (QED) is 0.0178. The molecule has 19 nitrogen and oxygen atoms in total. The van der Waals surface area contributed by atoms with Gasteiger partial charge < -0.3 is 33.9 Å². The van der Waals surface area contributed by atoms with Gasteiger partial charge in [-0.25, -0.2) is 28.9 Å². The SMILES string of the molecule is C.C.O=C1OC(=O)c2ccccc21.[C-]#[N+]c1c(N=Nc2ccc(N(CCOCCOC(=O)c3ccccc3C(C)=O)C(C)C)cc2C)sc(C#N)c1C.[C-]#[N+]c1sc(N=Nc2ccc(N(CCOCCO)C(C)C)cc2C)c([N+]#[C-])c1C. The van der Waals surface area contributed by atoms with Crippen LogP contribution in [0, 0.1) is 58.7 Å². The van der Waals surface area contributed by atoms with Gasteiger partial charge in [-0.3, -0.25) is 4.79 Å². The van der Waals surface area contributed by atoms with Crippen LogP contribution in [-0.2, 0) is 18.9 Å². The van der Waals surface area contributed by atoms with Gasteiger partial charge in [-0.1, -0.05) is 52.1 Å². The number of carbonyl (C=O) groups excluding carboxylic acids is 4. The zero-order valence-corrected chi connectivity index (χ0v) is 47.5. The van der Waals surface area contributed by atoms with Crippen molar-refractivity contribution in [1.29, 1.82) is 5.26 Å². The van der Waals surface area contributed by atoms with Crippen molar-refractivity contribution in [3.63, 3.8) is 0 Å². The Morgan fingerprint density at radius 2 is 1.13 bits per heavy atom. The monoisotopic (exact) mass is 1150 g/mol. The summed E-state index contributed by atoms with van der Waals surface area (Å²) in [6.07, 6.45) is 0. The summed E-state index contributed by atoms with van der Waals surface area (Å²) >= 11 is 2.36. The highest BCUT2D eigenvalue weighted by Gasteiger charge is 2.28. The summed E-state index contributed by atoms with van der Waals surface area (Å²) in [6, 6.07) is 27.5. The number of aryl methyl sites for hydroxylation is 2. The summed E-state index contributed by atoms with van der Waals surface area (Å²) in [7, 11) is 0. The Kier molecular flexibility index (Phi) is 27.2. The van der Waals surface area contributed by atoms with Gasteiger partial charge >= 0.3 is 17.9 Å². The van der Waals surface area contributed by atoms with Crippen molar-refractivity contribution in [2.45, 2.75) is 89.3 Å². The first-order valence-electron chi connectivity index (χ1n) is 25.2. The van der Waals surface area contributed by atoms with Crippen LogP contribution >= 0.6 is 22.7 Å². The molecule has 6 aromatic rings. The van der Waals surface area contributed by atoms with Gasteiger partial charge in [-0.15, -0.1) is 22.7 Å². The molecule has 0 radical (unpaired) electrons. The van der Waals surface area contributed by atoms with Crippen molar-refractivity contribution >= 4 is 95.5 Å². The van der Waals surface area contributed by atoms with E-state index in [4.69, 9.17) is 39.0 Å². The molecule has 0 amide bonds. The first kappa shape index (κ1) is 67.5. The fraction of sp³-hybridized carbons (Fsp3) is 0.344. The molecule has 0 atom stereocenters. The zero-order valence-electron chi connectivity index (χ0n) is 45.9. The van der Waals surface area contributed by atoms with Gasteiger partial charge in [-0.2, -0.15) is 25.7 Å². The number of rotatable bonds is 21. The van der Waals surface area contributed by atoms with E-state index in [0.717, 1.165) is 34.7 Å². The van der Waals surface area contributed by atoms with Crippen molar-refractivity contribution in [2.24, 2.45) is 20.5 Å². The highest BCUT2D eigenvalue weighted by Crippen LogP contribution is 2.47. The number of aliphatic hydroxyl groups excluding tert-OH is 1. The fourth-order valence-corrected chi connectivity index (χ4v) is 9.60. The van der Waals surface area contributed by atoms with Gasteiger partial charge in [0.25, 0.3) is 0 Å². The Bertz CT molecular complexity index is 3410. The van der Waals surface area contributed by atoms with E-state index in [9.17, 15) is 24.4 Å². The van der Waals surface area contributed by atoms with Gasteiger partial charge in [0.15, 0.2) is 5.78 Å². The van der Waals surface area contributed by atoms with Crippen LogP contribution in [-0.4, -0.2) is 93.6 Å². The van der Waals surface area contributed by atoms with E-state index in [2.05, 4.69) is 89.4 Å². The summed E-state index contributed by atoms with van der Waals surface area (Å²) in [5, 5.41) is 36.6. The molecule has 428 valence electrons. The number of ketones is 1. The summed E-state index contributed by atoms with van der Waals surface area (Å²) in [5.41, 5.74) is 8.72. The number of nitrogens with zero attached hydrogens (tertiary/aromatic N) is 10. The summed E-state index contributed by atoms with van der Waals surface area (Å²) in [5.74, 6) is -1.84. The second-order valence-corrected chi connectivity index (χ2v) is 20.1. The molecule has 0 unspecified atom stereocenters. The number of esters is 3. The highest BCUT2D eigenvalue weighted by atomic mass is 32.1. The largest absolute Gasteiger partial charge is 0.460 e. The molecule has 3 heterocycles. The fourth-order valence-electron chi connectivity index (χ4n) is 7.88. The standard InChI is InChI=1S/C30H31N5O4S.C21H25N5O2S.C8H4O3.2CH4/c1-19(2)35(13-14-38-15-16-39-30(37)25-10-8-7-9-24(25)22(5)36)23-11-12-26(20(3)17-23)33-34-29-28(32-6)21(4)27(18-31)40-29;1-14(2)26(9-11-28-12-10-27)17-7-8-18(15(3)13-17)24-25-21-19(22-5)16(4)20(23-6)29-21;9-7-5-3-1-2-4-6(5)8(10)11-7;;/h7-12,17,19H,13-16H2,1-5H3;7-8,13-14,27H,9-12H2,1-4H3;1-4H;2*1H4. The maximum atomic E-state index is 12.4. The van der Waals surface area contributed by atoms with Crippen LogP contribution in [0.1, 0.15) is 118 Å². The van der Waals surface area contributed by atoms with Crippen LogP contribution in [0.2, 0.25) is 0 Å². The maximum Gasteiger partial charge on any atom is 0.346 e. The Morgan fingerprint density at radius 1 is 0.659 bits per heavy atom. The molecule has 7 rings (SSSR count). The number of carbonyl (C=O) groups is 4. The zero-order chi connectivity index (χ0) is 58.5. The number of azo groups is 2. The number of aliphatic hydroxyl groups is 1. The topological polar surface area (TPSA) is 218 Å². The molecule has 1 aliphatic heterocycles. The maximum absolute atomic E-state index is 12.4. The van der Waals surface area contributed by atoms with E-state index < -0.39 is 17.9 Å². The van der Waals surface area contributed by atoms with E-state index in [1.54, 1.807) is 62.4 Å². The van der Waals surface area contributed by atoms with Gasteiger partial charge in [0.05, 0.1) is 85.7 Å². The average molecular weight is 1150 g/mol. The second kappa shape index (κ2) is 33.1. The van der Waals surface area contributed by atoms with E-state index >= 15 is 0 Å². The van der Waals surface area contributed by atoms with Gasteiger partial charge in [0.1, 0.15) is 22.7 Å². The van der Waals surface area contributed by atoms with Crippen LogP contribution < -0.4 is 9.80 Å². The summed E-state index contributed by atoms with van der Waals surface area (Å²) < 4.78 is 20.8. The number of cyclic esters (lactones) is 2. The van der Waals surface area contributed by atoms with E-state index in [-0.39, 0.29) is 52.1 Å². The lowest BCUT2D eigenvalue weighted by atomic mass is 10.0. The van der Waals surface area contributed by atoms with Crippen LogP contribution in [0.15, 0.2) is 105 Å². The second-order valence-electron chi connectivity index (χ2n) is 18.2. The third-order valence-electron chi connectivity index (χ3n) is 12.1. The van der Waals surface area contributed by atoms with Gasteiger partial charge in [0, 0.05) is 42.1 Å². The number of hydrogen-bond acceptors (Lipinski definition) is 18. The highest BCUT2D eigenvalue weighted by molar-refractivity contribution is 7.20. The molecule has 2 aromatic heterocycles. The lowest BCUT2D eigenvalue weighted by Crippen LogP contribution is -2.34. The third kappa shape index (κ3) is 17.9.